The Morgan fingerprint density at radius 1 is 1.50 bits per heavy atom. The van der Waals surface area contributed by atoms with E-state index >= 15 is 0 Å². The number of nitriles is 1. The molecule has 1 aromatic rings. The van der Waals surface area contributed by atoms with Gasteiger partial charge in [0.1, 0.15) is 6.07 Å². The second kappa shape index (κ2) is 6.87. The van der Waals surface area contributed by atoms with E-state index in [1.807, 2.05) is 6.92 Å². The number of carbonyl (C=O) groups excluding carboxylic acids is 1. The number of ether oxygens (including phenoxy) is 3. The highest BCUT2D eigenvalue weighted by Gasteiger charge is 2.16. The molecular formula is C12H12BrNO4. The molecule has 0 heterocycles. The molecule has 0 radical (unpaired) electrons. The lowest BCUT2D eigenvalue weighted by Gasteiger charge is -2.12. The lowest BCUT2D eigenvalue weighted by Crippen LogP contribution is -2.06. The molecule has 0 aliphatic rings. The molecule has 0 N–H and O–H groups in total. The van der Waals surface area contributed by atoms with Crippen molar-refractivity contribution >= 4 is 21.9 Å². The largest absolute Gasteiger partial charge is 0.493 e. The zero-order chi connectivity index (χ0) is 13.5. The highest BCUT2D eigenvalue weighted by Crippen LogP contribution is 2.36. The Morgan fingerprint density at radius 3 is 2.78 bits per heavy atom. The van der Waals surface area contributed by atoms with Gasteiger partial charge >= 0.3 is 5.97 Å². The summed E-state index contributed by atoms with van der Waals surface area (Å²) < 4.78 is 15.8. The lowest BCUT2D eigenvalue weighted by atomic mass is 10.2. The van der Waals surface area contributed by atoms with E-state index in [4.69, 9.17) is 19.5 Å². The SMILES string of the molecule is CCOc1c(Br)cc(C(=O)OCC#N)cc1OC. The van der Waals surface area contributed by atoms with Crippen LogP contribution in [-0.2, 0) is 4.74 Å². The second-order valence-corrected chi connectivity index (χ2v) is 4.01. The average molecular weight is 314 g/mol. The Balaban J connectivity index is 3.06. The molecular weight excluding hydrogens is 302 g/mol. The van der Waals surface area contributed by atoms with Crippen molar-refractivity contribution in [2.45, 2.75) is 6.92 Å². The summed E-state index contributed by atoms with van der Waals surface area (Å²) in [6.45, 7) is 2.04. The molecule has 1 aromatic carbocycles. The molecule has 0 aromatic heterocycles. The fraction of sp³-hybridized carbons (Fsp3) is 0.333. The number of rotatable bonds is 5. The molecule has 1 rings (SSSR count). The van der Waals surface area contributed by atoms with Gasteiger partial charge in [0.05, 0.1) is 23.8 Å². The van der Waals surface area contributed by atoms with Crippen LogP contribution >= 0.6 is 15.9 Å². The van der Waals surface area contributed by atoms with Gasteiger partial charge < -0.3 is 14.2 Å². The van der Waals surface area contributed by atoms with Gasteiger partial charge in [-0.15, -0.1) is 0 Å². The average Bonchev–Trinajstić information content (AvgIpc) is 2.38. The maximum atomic E-state index is 11.6. The standard InChI is InChI=1S/C12H12BrNO4/c1-3-17-11-9(13)6-8(7-10(11)16-2)12(15)18-5-4-14/h6-7H,3,5H2,1-2H3. The maximum absolute atomic E-state index is 11.6. The first-order chi connectivity index (χ1) is 8.63. The van der Waals surface area contributed by atoms with E-state index in [1.165, 1.54) is 13.2 Å². The minimum atomic E-state index is -0.585. The quantitative estimate of drug-likeness (QED) is 0.781. The highest BCUT2D eigenvalue weighted by molar-refractivity contribution is 9.10. The van der Waals surface area contributed by atoms with E-state index in [-0.39, 0.29) is 12.2 Å². The third-order valence-electron chi connectivity index (χ3n) is 2.02. The van der Waals surface area contributed by atoms with Crippen molar-refractivity contribution in [1.82, 2.24) is 0 Å². The first kappa shape index (κ1) is 14.3. The van der Waals surface area contributed by atoms with Crippen LogP contribution in [-0.4, -0.2) is 26.3 Å². The van der Waals surface area contributed by atoms with Crippen LogP contribution in [0.3, 0.4) is 0 Å². The fourth-order valence-electron chi connectivity index (χ4n) is 1.30. The minimum Gasteiger partial charge on any atom is -0.493 e. The lowest BCUT2D eigenvalue weighted by molar-refractivity contribution is 0.0554. The van der Waals surface area contributed by atoms with E-state index in [0.717, 1.165) is 0 Å². The van der Waals surface area contributed by atoms with Crippen molar-refractivity contribution in [1.29, 1.82) is 5.26 Å². The van der Waals surface area contributed by atoms with Gasteiger partial charge in [0, 0.05) is 0 Å². The van der Waals surface area contributed by atoms with Crippen LogP contribution in [0.4, 0.5) is 0 Å². The number of methoxy groups -OCH3 is 1. The molecule has 18 heavy (non-hydrogen) atoms. The predicted octanol–water partition coefficient (Wildman–Crippen LogP) is 2.54. The summed E-state index contributed by atoms with van der Waals surface area (Å²) >= 11 is 3.30. The summed E-state index contributed by atoms with van der Waals surface area (Å²) in [6.07, 6.45) is 0. The molecule has 0 atom stereocenters. The molecule has 0 aliphatic heterocycles. The van der Waals surface area contributed by atoms with Crippen LogP contribution in [0, 0.1) is 11.3 Å². The summed E-state index contributed by atoms with van der Waals surface area (Å²) in [5.41, 5.74) is 0.289. The number of carbonyl (C=O) groups is 1. The molecule has 6 heteroatoms. The maximum Gasteiger partial charge on any atom is 0.339 e. The van der Waals surface area contributed by atoms with Crippen LogP contribution in [0.25, 0.3) is 0 Å². The van der Waals surface area contributed by atoms with Gasteiger partial charge in [0.15, 0.2) is 18.1 Å². The molecule has 96 valence electrons. The van der Waals surface area contributed by atoms with Gasteiger partial charge in [0.2, 0.25) is 0 Å². The number of benzene rings is 1. The normalized spacial score (nSPS) is 9.44. The van der Waals surface area contributed by atoms with Crippen LogP contribution in [0.5, 0.6) is 11.5 Å². The van der Waals surface area contributed by atoms with Crippen molar-refractivity contribution in [3.05, 3.63) is 22.2 Å². The van der Waals surface area contributed by atoms with E-state index in [1.54, 1.807) is 12.1 Å². The number of hydrogen-bond acceptors (Lipinski definition) is 5. The molecule has 0 amide bonds. The summed E-state index contributed by atoms with van der Waals surface area (Å²) in [5, 5.41) is 8.35. The van der Waals surface area contributed by atoms with Gasteiger partial charge in [-0.2, -0.15) is 5.26 Å². The smallest absolute Gasteiger partial charge is 0.339 e. The molecule has 0 fully saturated rings. The Kier molecular flexibility index (Phi) is 5.46. The Morgan fingerprint density at radius 2 is 2.22 bits per heavy atom. The summed E-state index contributed by atoms with van der Waals surface area (Å²) in [6, 6.07) is 4.80. The summed E-state index contributed by atoms with van der Waals surface area (Å²) in [4.78, 5) is 11.6. The number of hydrogen-bond donors (Lipinski definition) is 0. The Hall–Kier alpha value is -1.74. The van der Waals surface area contributed by atoms with Crippen LogP contribution in [0.15, 0.2) is 16.6 Å². The Labute approximate surface area is 113 Å². The first-order valence-corrected chi connectivity index (χ1v) is 5.97. The van der Waals surface area contributed by atoms with E-state index in [9.17, 15) is 4.79 Å². The highest BCUT2D eigenvalue weighted by atomic mass is 79.9. The van der Waals surface area contributed by atoms with Crippen molar-refractivity contribution in [3.8, 4) is 17.6 Å². The number of halogens is 1. The fourth-order valence-corrected chi connectivity index (χ4v) is 1.86. The molecule has 5 nitrogen and oxygen atoms in total. The molecule has 0 bridgehead atoms. The van der Waals surface area contributed by atoms with Gasteiger partial charge in [-0.1, -0.05) is 0 Å². The topological polar surface area (TPSA) is 68.5 Å². The van der Waals surface area contributed by atoms with E-state index in [2.05, 4.69) is 15.9 Å². The molecule has 0 aliphatic carbocycles. The number of esters is 1. The molecule has 0 saturated carbocycles. The van der Waals surface area contributed by atoms with Crippen molar-refractivity contribution < 1.29 is 19.0 Å². The van der Waals surface area contributed by atoms with Crippen LogP contribution in [0.1, 0.15) is 17.3 Å². The van der Waals surface area contributed by atoms with Crippen molar-refractivity contribution in [2.24, 2.45) is 0 Å². The summed E-state index contributed by atoms with van der Waals surface area (Å²) in [5.74, 6) is 0.366. The van der Waals surface area contributed by atoms with Crippen molar-refractivity contribution in [3.63, 3.8) is 0 Å². The van der Waals surface area contributed by atoms with Crippen LogP contribution < -0.4 is 9.47 Å². The molecule has 0 spiro atoms. The van der Waals surface area contributed by atoms with E-state index < -0.39 is 5.97 Å². The molecule has 0 saturated heterocycles. The Bertz CT molecular complexity index is 482. The predicted molar refractivity (Wildman–Crippen MR) is 67.8 cm³/mol. The third kappa shape index (κ3) is 3.37. The van der Waals surface area contributed by atoms with Crippen LogP contribution in [0.2, 0.25) is 0 Å². The van der Waals surface area contributed by atoms with Gasteiger partial charge in [-0.3, -0.25) is 0 Å². The van der Waals surface area contributed by atoms with Gasteiger partial charge in [-0.25, -0.2) is 4.79 Å². The second-order valence-electron chi connectivity index (χ2n) is 3.16. The third-order valence-corrected chi connectivity index (χ3v) is 2.61. The van der Waals surface area contributed by atoms with E-state index in [0.29, 0.717) is 22.6 Å². The first-order valence-electron chi connectivity index (χ1n) is 5.18. The monoisotopic (exact) mass is 313 g/mol. The summed E-state index contributed by atoms with van der Waals surface area (Å²) in [7, 11) is 1.48. The minimum absolute atomic E-state index is 0.286. The van der Waals surface area contributed by atoms with Gasteiger partial charge in [-0.05, 0) is 35.0 Å². The zero-order valence-corrected chi connectivity index (χ0v) is 11.6. The molecule has 0 unspecified atom stereocenters. The zero-order valence-electron chi connectivity index (χ0n) is 10.0. The van der Waals surface area contributed by atoms with Crippen molar-refractivity contribution in [2.75, 3.05) is 20.3 Å². The number of nitrogens with zero attached hydrogens (tertiary/aromatic N) is 1. The van der Waals surface area contributed by atoms with Gasteiger partial charge in [0.25, 0.3) is 0 Å².